The first-order chi connectivity index (χ1) is 10.7. The van der Waals surface area contributed by atoms with Gasteiger partial charge in [-0.2, -0.15) is 15.8 Å². The highest BCUT2D eigenvalue weighted by Crippen LogP contribution is 2.55. The van der Waals surface area contributed by atoms with Gasteiger partial charge in [0, 0.05) is 0 Å². The molecule has 0 aromatic carbocycles. The van der Waals surface area contributed by atoms with Crippen LogP contribution < -0.4 is 5.73 Å². The third-order valence-electron chi connectivity index (χ3n) is 4.65. The Morgan fingerprint density at radius 2 is 2.05 bits per heavy atom. The van der Waals surface area contributed by atoms with E-state index in [4.69, 9.17) is 10.2 Å². The second-order valence-electron chi connectivity index (χ2n) is 5.62. The normalized spacial score (nSPS) is 26.1. The van der Waals surface area contributed by atoms with Crippen molar-refractivity contribution in [3.05, 3.63) is 47.1 Å². The van der Waals surface area contributed by atoms with Crippen molar-refractivity contribution in [1.82, 2.24) is 0 Å². The number of fused-ring (bicyclic) bond motifs is 1. The zero-order valence-corrected chi connectivity index (χ0v) is 11.9. The fourth-order valence-corrected chi connectivity index (χ4v) is 3.65. The van der Waals surface area contributed by atoms with Crippen molar-refractivity contribution in [3.63, 3.8) is 0 Å². The first-order valence-corrected chi connectivity index (χ1v) is 7.16. The third-order valence-corrected chi connectivity index (χ3v) is 4.65. The summed E-state index contributed by atoms with van der Waals surface area (Å²) < 4.78 is 5.51. The van der Waals surface area contributed by atoms with Crippen LogP contribution in [0.3, 0.4) is 0 Å². The molecule has 1 aromatic heterocycles. The molecular formula is C17H14N4O. The van der Waals surface area contributed by atoms with Crippen molar-refractivity contribution in [2.75, 3.05) is 0 Å². The summed E-state index contributed by atoms with van der Waals surface area (Å²) in [6.07, 6.45) is 6.17. The van der Waals surface area contributed by atoms with Crippen LogP contribution in [0.5, 0.6) is 0 Å². The second kappa shape index (κ2) is 5.10. The molecule has 5 heteroatoms. The van der Waals surface area contributed by atoms with Gasteiger partial charge in [-0.05, 0) is 42.9 Å². The molecule has 0 saturated carbocycles. The number of nitrogens with zero attached hydrogens (tertiary/aromatic N) is 3. The number of rotatable bonds is 1. The molecule has 0 bridgehead atoms. The van der Waals surface area contributed by atoms with Crippen molar-refractivity contribution in [1.29, 1.82) is 15.8 Å². The average Bonchev–Trinajstić information content (AvgIpc) is 3.08. The molecule has 1 aromatic rings. The summed E-state index contributed by atoms with van der Waals surface area (Å²) in [5, 5.41) is 28.9. The Morgan fingerprint density at radius 3 is 2.64 bits per heavy atom. The largest absolute Gasteiger partial charge is 0.469 e. The first kappa shape index (κ1) is 14.0. The van der Waals surface area contributed by atoms with E-state index in [1.54, 1.807) is 12.1 Å². The van der Waals surface area contributed by atoms with Crippen LogP contribution >= 0.6 is 0 Å². The van der Waals surface area contributed by atoms with Gasteiger partial charge >= 0.3 is 0 Å². The van der Waals surface area contributed by atoms with Crippen LogP contribution in [0.4, 0.5) is 0 Å². The molecule has 0 radical (unpaired) electrons. The lowest BCUT2D eigenvalue weighted by Gasteiger charge is -2.41. The van der Waals surface area contributed by atoms with E-state index in [2.05, 4.69) is 18.2 Å². The summed E-state index contributed by atoms with van der Waals surface area (Å²) in [5.74, 6) is -0.0110. The van der Waals surface area contributed by atoms with Crippen LogP contribution in [0.2, 0.25) is 0 Å². The van der Waals surface area contributed by atoms with Crippen molar-refractivity contribution in [2.24, 2.45) is 17.1 Å². The summed E-state index contributed by atoms with van der Waals surface area (Å²) in [4.78, 5) is 0. The lowest BCUT2D eigenvalue weighted by Crippen LogP contribution is -2.42. The molecule has 2 aliphatic rings. The predicted molar refractivity (Wildman–Crippen MR) is 77.4 cm³/mol. The monoisotopic (exact) mass is 290 g/mol. The van der Waals surface area contributed by atoms with E-state index in [0.29, 0.717) is 5.76 Å². The predicted octanol–water partition coefficient (Wildman–Crippen LogP) is 2.87. The molecular weight excluding hydrogens is 276 g/mol. The molecule has 0 fully saturated rings. The minimum absolute atomic E-state index is 0.0470. The van der Waals surface area contributed by atoms with Crippen LogP contribution in [-0.2, 0) is 0 Å². The highest BCUT2D eigenvalue weighted by atomic mass is 16.3. The maximum absolute atomic E-state index is 9.73. The maximum Gasteiger partial charge on any atom is 0.194 e. The third kappa shape index (κ3) is 1.68. The van der Waals surface area contributed by atoms with Crippen LogP contribution in [-0.4, -0.2) is 0 Å². The van der Waals surface area contributed by atoms with Crippen LogP contribution in [0.25, 0.3) is 0 Å². The SMILES string of the molecule is N#CC1=C(N)C(C#N)(C#N)[C@@H](c2ccco2)[C@@H]2CCCC=C12. The van der Waals surface area contributed by atoms with Crippen LogP contribution in [0, 0.1) is 45.3 Å². The quantitative estimate of drug-likeness (QED) is 0.854. The highest BCUT2D eigenvalue weighted by molar-refractivity contribution is 5.58. The van der Waals surface area contributed by atoms with Gasteiger partial charge in [0.1, 0.15) is 11.8 Å². The van der Waals surface area contributed by atoms with Crippen LogP contribution in [0.1, 0.15) is 30.9 Å². The summed E-state index contributed by atoms with van der Waals surface area (Å²) in [7, 11) is 0. The lowest BCUT2D eigenvalue weighted by atomic mass is 9.58. The van der Waals surface area contributed by atoms with Gasteiger partial charge in [-0.15, -0.1) is 0 Å². The van der Waals surface area contributed by atoms with E-state index in [9.17, 15) is 15.8 Å². The van der Waals surface area contributed by atoms with Crippen molar-refractivity contribution in [3.8, 4) is 18.2 Å². The van der Waals surface area contributed by atoms with Crippen LogP contribution in [0.15, 0.2) is 45.7 Å². The summed E-state index contributed by atoms with van der Waals surface area (Å²) in [6, 6.07) is 9.74. The summed E-state index contributed by atoms with van der Waals surface area (Å²) in [5.41, 5.74) is 5.75. The van der Waals surface area contributed by atoms with E-state index >= 15 is 0 Å². The number of nitrogens with two attached hydrogens (primary N) is 1. The van der Waals surface area contributed by atoms with E-state index in [0.717, 1.165) is 24.8 Å². The fourth-order valence-electron chi connectivity index (χ4n) is 3.65. The molecule has 0 aliphatic heterocycles. The smallest absolute Gasteiger partial charge is 0.194 e. The molecule has 0 saturated heterocycles. The minimum Gasteiger partial charge on any atom is -0.469 e. The Balaban J connectivity index is 2.33. The number of nitriles is 3. The molecule has 3 rings (SSSR count). The van der Waals surface area contributed by atoms with E-state index < -0.39 is 11.3 Å². The molecule has 108 valence electrons. The maximum atomic E-state index is 9.73. The molecule has 0 spiro atoms. The molecule has 0 amide bonds. The fraction of sp³-hybridized carbons (Fsp3) is 0.353. The number of hydrogen-bond acceptors (Lipinski definition) is 5. The molecule has 2 N–H and O–H groups in total. The van der Waals surface area contributed by atoms with Crippen molar-refractivity contribution >= 4 is 0 Å². The van der Waals surface area contributed by atoms with E-state index in [1.807, 2.05) is 6.08 Å². The van der Waals surface area contributed by atoms with Crippen molar-refractivity contribution in [2.45, 2.75) is 25.2 Å². The van der Waals surface area contributed by atoms with Gasteiger partial charge in [0.25, 0.3) is 0 Å². The number of furan rings is 1. The topological polar surface area (TPSA) is 111 Å². The second-order valence-corrected chi connectivity index (χ2v) is 5.62. The Labute approximate surface area is 128 Å². The Morgan fingerprint density at radius 1 is 1.27 bits per heavy atom. The number of allylic oxidation sites excluding steroid dienone is 4. The van der Waals surface area contributed by atoms with E-state index in [-0.39, 0.29) is 17.2 Å². The van der Waals surface area contributed by atoms with Gasteiger partial charge in [-0.1, -0.05) is 6.08 Å². The van der Waals surface area contributed by atoms with E-state index in [1.165, 1.54) is 6.26 Å². The molecule has 0 unspecified atom stereocenters. The Hall–Kier alpha value is -2.97. The Kier molecular flexibility index (Phi) is 3.24. The summed E-state index contributed by atoms with van der Waals surface area (Å²) in [6.45, 7) is 0. The molecule has 2 aliphatic carbocycles. The van der Waals surface area contributed by atoms with Gasteiger partial charge in [0.15, 0.2) is 5.41 Å². The van der Waals surface area contributed by atoms with Gasteiger partial charge in [0.05, 0.1) is 35.6 Å². The minimum atomic E-state index is -1.57. The average molecular weight is 290 g/mol. The van der Waals surface area contributed by atoms with Gasteiger partial charge in [-0.25, -0.2) is 0 Å². The lowest BCUT2D eigenvalue weighted by molar-refractivity contribution is 0.275. The Bertz CT molecular complexity index is 766. The zero-order chi connectivity index (χ0) is 15.7. The van der Waals surface area contributed by atoms with Gasteiger partial charge < -0.3 is 10.2 Å². The molecule has 2 atom stereocenters. The molecule has 1 heterocycles. The number of hydrogen-bond donors (Lipinski definition) is 1. The first-order valence-electron chi connectivity index (χ1n) is 7.16. The zero-order valence-electron chi connectivity index (χ0n) is 11.9. The standard InChI is InChI=1S/C17H14N4O/c18-8-13-11-4-1-2-5-12(11)15(14-6-3-7-22-14)17(9-19,10-20)16(13)21/h3-4,6-7,12,15H,1-2,5,21H2/t12-,15-/m1/s1. The van der Waals surface area contributed by atoms with Gasteiger partial charge in [-0.3, -0.25) is 0 Å². The molecule has 5 nitrogen and oxygen atoms in total. The summed E-state index contributed by atoms with van der Waals surface area (Å²) >= 11 is 0. The van der Waals surface area contributed by atoms with Gasteiger partial charge in [0.2, 0.25) is 0 Å². The van der Waals surface area contributed by atoms with Crippen molar-refractivity contribution < 1.29 is 4.42 Å². The highest BCUT2D eigenvalue weighted by Gasteiger charge is 2.54. The molecule has 22 heavy (non-hydrogen) atoms.